The zero-order valence-corrected chi connectivity index (χ0v) is 9.19. The molecule has 0 spiro atoms. The number of aromatic hydroxyl groups is 1. The molecule has 0 saturated heterocycles. The molecule has 84 valence electrons. The molecule has 4 nitrogen and oxygen atoms in total. The van der Waals surface area contributed by atoms with Crippen LogP contribution in [-0.4, -0.2) is 16.2 Å². The number of benzene rings is 1. The summed E-state index contributed by atoms with van der Waals surface area (Å²) in [6, 6.07) is 5.12. The molecule has 0 heterocycles. The second-order valence-corrected chi connectivity index (χ2v) is 3.86. The van der Waals surface area contributed by atoms with E-state index in [4.69, 9.17) is 10.4 Å². The van der Waals surface area contributed by atoms with Gasteiger partial charge in [0.1, 0.15) is 11.8 Å². The molecule has 1 atom stereocenters. The summed E-state index contributed by atoms with van der Waals surface area (Å²) in [7, 11) is 0. The standard InChI is InChI=1S/C12H13NO3/c1-7-3-9(4-8(2)12(15)16)5-10(6-13)11(7)14/h3,5,8,14H,4H2,1-2H3,(H,15,16). The number of aliphatic carboxylic acids is 1. The van der Waals surface area contributed by atoms with E-state index in [2.05, 4.69) is 0 Å². The quantitative estimate of drug-likeness (QED) is 0.812. The van der Waals surface area contributed by atoms with Crippen LogP contribution in [0, 0.1) is 24.2 Å². The van der Waals surface area contributed by atoms with E-state index in [0.29, 0.717) is 12.0 Å². The Morgan fingerprint density at radius 2 is 2.19 bits per heavy atom. The minimum atomic E-state index is -0.871. The van der Waals surface area contributed by atoms with Gasteiger partial charge >= 0.3 is 5.97 Å². The molecule has 1 aromatic rings. The predicted octanol–water partition coefficient (Wildman–Crippen LogP) is 1.84. The molecule has 0 aliphatic carbocycles. The molecule has 1 unspecified atom stereocenters. The Hall–Kier alpha value is -2.02. The van der Waals surface area contributed by atoms with Gasteiger partial charge in [-0.1, -0.05) is 13.0 Å². The van der Waals surface area contributed by atoms with Crippen LogP contribution < -0.4 is 0 Å². The maximum Gasteiger partial charge on any atom is 0.306 e. The van der Waals surface area contributed by atoms with Gasteiger partial charge in [-0.05, 0) is 30.5 Å². The Labute approximate surface area is 93.8 Å². The highest BCUT2D eigenvalue weighted by atomic mass is 16.4. The molecule has 0 radical (unpaired) electrons. The molecule has 16 heavy (non-hydrogen) atoms. The Bertz CT molecular complexity index is 460. The Morgan fingerprint density at radius 3 is 2.69 bits per heavy atom. The maximum atomic E-state index is 10.7. The van der Waals surface area contributed by atoms with Gasteiger partial charge in [-0.25, -0.2) is 0 Å². The molecule has 0 aromatic heterocycles. The Morgan fingerprint density at radius 1 is 1.56 bits per heavy atom. The van der Waals surface area contributed by atoms with E-state index in [1.807, 2.05) is 6.07 Å². The van der Waals surface area contributed by atoms with Crippen molar-refractivity contribution >= 4 is 5.97 Å². The number of carbonyl (C=O) groups is 1. The highest BCUT2D eigenvalue weighted by Gasteiger charge is 2.14. The topological polar surface area (TPSA) is 81.3 Å². The number of aryl methyl sites for hydroxylation is 1. The minimum absolute atomic E-state index is 0.0331. The van der Waals surface area contributed by atoms with Crippen molar-refractivity contribution in [2.45, 2.75) is 20.3 Å². The molecule has 1 aromatic carbocycles. The van der Waals surface area contributed by atoms with Crippen molar-refractivity contribution in [1.82, 2.24) is 0 Å². The predicted molar refractivity (Wildman–Crippen MR) is 58.1 cm³/mol. The average Bonchev–Trinajstić information content (AvgIpc) is 2.22. The molecule has 0 aliphatic heterocycles. The number of phenols is 1. The molecule has 4 heteroatoms. The van der Waals surface area contributed by atoms with E-state index in [-0.39, 0.29) is 11.3 Å². The summed E-state index contributed by atoms with van der Waals surface area (Å²) >= 11 is 0. The first-order valence-electron chi connectivity index (χ1n) is 4.91. The van der Waals surface area contributed by atoms with Crippen molar-refractivity contribution in [1.29, 1.82) is 5.26 Å². The molecule has 0 aliphatic rings. The lowest BCUT2D eigenvalue weighted by atomic mass is 9.97. The molecular weight excluding hydrogens is 206 g/mol. The first-order chi connectivity index (χ1) is 7.45. The fraction of sp³-hybridized carbons (Fsp3) is 0.333. The number of hydrogen-bond donors (Lipinski definition) is 2. The highest BCUT2D eigenvalue weighted by molar-refractivity contribution is 5.70. The lowest BCUT2D eigenvalue weighted by Crippen LogP contribution is -2.12. The summed E-state index contributed by atoms with van der Waals surface area (Å²) in [4.78, 5) is 10.7. The van der Waals surface area contributed by atoms with Crippen molar-refractivity contribution < 1.29 is 15.0 Å². The van der Waals surface area contributed by atoms with Crippen molar-refractivity contribution in [2.24, 2.45) is 5.92 Å². The highest BCUT2D eigenvalue weighted by Crippen LogP contribution is 2.24. The van der Waals surface area contributed by atoms with Crippen LogP contribution in [0.15, 0.2) is 12.1 Å². The average molecular weight is 219 g/mol. The Balaban J connectivity index is 3.04. The lowest BCUT2D eigenvalue weighted by Gasteiger charge is -2.09. The second kappa shape index (κ2) is 4.67. The second-order valence-electron chi connectivity index (χ2n) is 3.86. The van der Waals surface area contributed by atoms with Crippen LogP contribution in [-0.2, 0) is 11.2 Å². The van der Waals surface area contributed by atoms with Gasteiger partial charge in [-0.15, -0.1) is 0 Å². The van der Waals surface area contributed by atoms with Crippen LogP contribution in [0.4, 0.5) is 0 Å². The van der Waals surface area contributed by atoms with Gasteiger partial charge in [0.15, 0.2) is 0 Å². The SMILES string of the molecule is Cc1cc(CC(C)C(=O)O)cc(C#N)c1O. The van der Waals surface area contributed by atoms with Gasteiger partial charge in [-0.2, -0.15) is 5.26 Å². The van der Waals surface area contributed by atoms with Gasteiger partial charge in [0.25, 0.3) is 0 Å². The number of carboxylic acids is 1. The minimum Gasteiger partial charge on any atom is -0.506 e. The van der Waals surface area contributed by atoms with Crippen LogP contribution in [0.1, 0.15) is 23.6 Å². The molecule has 0 saturated carbocycles. The molecule has 2 N–H and O–H groups in total. The third-order valence-corrected chi connectivity index (χ3v) is 2.44. The van der Waals surface area contributed by atoms with Crippen molar-refractivity contribution in [3.05, 3.63) is 28.8 Å². The summed E-state index contributed by atoms with van der Waals surface area (Å²) in [5, 5.41) is 27.1. The molecule has 0 fully saturated rings. The molecule has 1 rings (SSSR count). The van der Waals surface area contributed by atoms with Crippen LogP contribution in [0.2, 0.25) is 0 Å². The smallest absolute Gasteiger partial charge is 0.306 e. The van der Waals surface area contributed by atoms with Crippen LogP contribution in [0.25, 0.3) is 0 Å². The van der Waals surface area contributed by atoms with Gasteiger partial charge in [0, 0.05) is 0 Å². The largest absolute Gasteiger partial charge is 0.506 e. The normalized spacial score (nSPS) is 11.8. The third kappa shape index (κ3) is 2.51. The number of nitrogens with zero attached hydrogens (tertiary/aromatic N) is 1. The molecule has 0 amide bonds. The molecule has 0 bridgehead atoms. The number of hydrogen-bond acceptors (Lipinski definition) is 3. The zero-order chi connectivity index (χ0) is 12.3. The number of nitriles is 1. The number of carboxylic acid groups (broad SMARTS) is 1. The summed E-state index contributed by atoms with van der Waals surface area (Å²) in [6.45, 7) is 3.29. The first-order valence-corrected chi connectivity index (χ1v) is 4.91. The van der Waals surface area contributed by atoms with E-state index >= 15 is 0 Å². The van der Waals surface area contributed by atoms with E-state index in [0.717, 1.165) is 5.56 Å². The maximum absolute atomic E-state index is 10.7. The van der Waals surface area contributed by atoms with Crippen molar-refractivity contribution in [2.75, 3.05) is 0 Å². The number of rotatable bonds is 3. The van der Waals surface area contributed by atoms with Crippen molar-refractivity contribution in [3.63, 3.8) is 0 Å². The van der Waals surface area contributed by atoms with Gasteiger partial charge < -0.3 is 10.2 Å². The summed E-state index contributed by atoms with van der Waals surface area (Å²) < 4.78 is 0. The fourth-order valence-corrected chi connectivity index (χ4v) is 1.50. The first kappa shape index (κ1) is 12.1. The van der Waals surface area contributed by atoms with E-state index < -0.39 is 11.9 Å². The van der Waals surface area contributed by atoms with E-state index in [9.17, 15) is 9.90 Å². The van der Waals surface area contributed by atoms with Gasteiger partial charge in [-0.3, -0.25) is 4.79 Å². The third-order valence-electron chi connectivity index (χ3n) is 2.44. The summed E-state index contributed by atoms with van der Waals surface area (Å²) in [5.74, 6) is -1.41. The zero-order valence-electron chi connectivity index (χ0n) is 9.19. The number of phenolic OH excluding ortho intramolecular Hbond substituents is 1. The van der Waals surface area contributed by atoms with Gasteiger partial charge in [0.05, 0.1) is 11.5 Å². The Kier molecular flexibility index (Phi) is 3.51. The monoisotopic (exact) mass is 219 g/mol. The van der Waals surface area contributed by atoms with E-state index in [1.165, 1.54) is 6.07 Å². The van der Waals surface area contributed by atoms with E-state index in [1.54, 1.807) is 19.9 Å². The fourth-order valence-electron chi connectivity index (χ4n) is 1.50. The summed E-state index contributed by atoms with van der Waals surface area (Å²) in [6.07, 6.45) is 0.352. The van der Waals surface area contributed by atoms with Crippen LogP contribution in [0.3, 0.4) is 0 Å². The summed E-state index contributed by atoms with van der Waals surface area (Å²) in [5.41, 5.74) is 1.53. The lowest BCUT2D eigenvalue weighted by molar-refractivity contribution is -0.141. The molecular formula is C12H13NO3. The van der Waals surface area contributed by atoms with Gasteiger partial charge in [0.2, 0.25) is 0 Å². The van der Waals surface area contributed by atoms with Crippen LogP contribution >= 0.6 is 0 Å². The van der Waals surface area contributed by atoms with Crippen LogP contribution in [0.5, 0.6) is 5.75 Å². The van der Waals surface area contributed by atoms with Crippen molar-refractivity contribution in [3.8, 4) is 11.8 Å².